The second-order valence-electron chi connectivity index (χ2n) is 6.89. The summed E-state index contributed by atoms with van der Waals surface area (Å²) in [5, 5.41) is 13.1. The third-order valence-corrected chi connectivity index (χ3v) is 5.26. The summed E-state index contributed by atoms with van der Waals surface area (Å²) in [6.45, 7) is 3.80. The molecule has 5 rings (SSSR count). The molecule has 3 aromatic heterocycles. The summed E-state index contributed by atoms with van der Waals surface area (Å²) in [5.74, 6) is 3.68. The van der Waals surface area contributed by atoms with Crippen molar-refractivity contribution in [3.63, 3.8) is 0 Å². The SMILES string of the molecule is N#Cc1cnc(N2CC3CN(c4cc(-n5cccn5)ncn4)CC3C2)cn1. The maximum atomic E-state index is 8.86. The molecule has 2 aliphatic rings. The summed E-state index contributed by atoms with van der Waals surface area (Å²) in [6.07, 6.45) is 8.44. The molecule has 9 nitrogen and oxygen atoms in total. The van der Waals surface area contributed by atoms with Gasteiger partial charge in [0.15, 0.2) is 11.5 Å². The van der Waals surface area contributed by atoms with E-state index in [1.54, 1.807) is 23.4 Å². The number of anilines is 2. The van der Waals surface area contributed by atoms with Crippen molar-refractivity contribution in [3.8, 4) is 11.9 Å². The molecule has 27 heavy (non-hydrogen) atoms. The Labute approximate surface area is 155 Å². The standard InChI is InChI=1S/C18H17N9/c19-5-15-6-21-18(7-20-15)26-10-13-8-25(9-14(13)11-26)16-4-17(23-12-22-16)27-3-1-2-24-27/h1-4,6-7,12-14H,8-11H2. The molecule has 0 saturated carbocycles. The lowest BCUT2D eigenvalue weighted by Crippen LogP contribution is -2.29. The molecular weight excluding hydrogens is 342 g/mol. The van der Waals surface area contributed by atoms with Crippen molar-refractivity contribution in [2.75, 3.05) is 36.0 Å². The van der Waals surface area contributed by atoms with Crippen molar-refractivity contribution in [2.45, 2.75) is 0 Å². The van der Waals surface area contributed by atoms with Crippen LogP contribution in [0.4, 0.5) is 11.6 Å². The lowest BCUT2D eigenvalue weighted by Gasteiger charge is -2.23. The van der Waals surface area contributed by atoms with Gasteiger partial charge in [-0.25, -0.2) is 24.6 Å². The summed E-state index contributed by atoms with van der Waals surface area (Å²) in [4.78, 5) is 21.9. The van der Waals surface area contributed by atoms with E-state index in [1.807, 2.05) is 24.4 Å². The van der Waals surface area contributed by atoms with Crippen molar-refractivity contribution in [1.82, 2.24) is 29.7 Å². The lowest BCUT2D eigenvalue weighted by molar-refractivity contribution is 0.533. The number of rotatable bonds is 3. The Balaban J connectivity index is 1.28. The monoisotopic (exact) mass is 359 g/mol. The van der Waals surface area contributed by atoms with Crippen molar-refractivity contribution in [1.29, 1.82) is 5.26 Å². The average Bonchev–Trinajstić information content (AvgIpc) is 3.44. The van der Waals surface area contributed by atoms with Gasteiger partial charge < -0.3 is 9.80 Å². The molecule has 2 atom stereocenters. The fourth-order valence-corrected chi connectivity index (χ4v) is 3.95. The molecule has 0 radical (unpaired) electrons. The molecule has 5 heterocycles. The van der Waals surface area contributed by atoms with Crippen LogP contribution in [0.3, 0.4) is 0 Å². The fraction of sp³-hybridized carbons (Fsp3) is 0.333. The maximum Gasteiger partial charge on any atom is 0.158 e. The molecule has 2 aliphatic heterocycles. The van der Waals surface area contributed by atoms with E-state index in [0.29, 0.717) is 17.5 Å². The van der Waals surface area contributed by atoms with Gasteiger partial charge in [0, 0.05) is 56.5 Å². The first-order valence-corrected chi connectivity index (χ1v) is 8.84. The minimum absolute atomic E-state index is 0.348. The van der Waals surface area contributed by atoms with E-state index in [9.17, 15) is 0 Å². The van der Waals surface area contributed by atoms with E-state index in [-0.39, 0.29) is 0 Å². The van der Waals surface area contributed by atoms with Crippen molar-refractivity contribution in [3.05, 3.63) is 48.9 Å². The number of hydrogen-bond acceptors (Lipinski definition) is 8. The molecule has 9 heteroatoms. The average molecular weight is 359 g/mol. The molecular formula is C18H17N9. The van der Waals surface area contributed by atoms with Gasteiger partial charge in [-0.2, -0.15) is 10.4 Å². The van der Waals surface area contributed by atoms with Crippen LogP contribution in [0.25, 0.3) is 5.82 Å². The highest BCUT2D eigenvalue weighted by atomic mass is 15.3. The molecule has 0 N–H and O–H groups in total. The Kier molecular flexibility index (Phi) is 3.67. The van der Waals surface area contributed by atoms with Crippen LogP contribution in [-0.4, -0.2) is 55.9 Å². The molecule has 0 bridgehead atoms. The molecule has 2 unspecified atom stereocenters. The van der Waals surface area contributed by atoms with E-state index < -0.39 is 0 Å². The highest BCUT2D eigenvalue weighted by Gasteiger charge is 2.41. The molecule has 3 aromatic rings. The Bertz CT molecular complexity index is 963. The number of aromatic nitrogens is 6. The molecule has 0 spiro atoms. The zero-order valence-electron chi connectivity index (χ0n) is 14.5. The normalized spacial score (nSPS) is 21.3. The third-order valence-electron chi connectivity index (χ3n) is 5.26. The van der Waals surface area contributed by atoms with Crippen molar-refractivity contribution in [2.24, 2.45) is 11.8 Å². The van der Waals surface area contributed by atoms with Gasteiger partial charge in [-0.05, 0) is 6.07 Å². The lowest BCUT2D eigenvalue weighted by atomic mass is 10.0. The van der Waals surface area contributed by atoms with Crippen LogP contribution in [-0.2, 0) is 0 Å². The molecule has 0 aromatic carbocycles. The van der Waals surface area contributed by atoms with Crippen LogP contribution >= 0.6 is 0 Å². The highest BCUT2D eigenvalue weighted by Crippen LogP contribution is 2.35. The summed E-state index contributed by atoms with van der Waals surface area (Å²) < 4.78 is 1.74. The van der Waals surface area contributed by atoms with Crippen LogP contribution in [0.1, 0.15) is 5.69 Å². The molecule has 134 valence electrons. The minimum Gasteiger partial charge on any atom is -0.356 e. The number of fused-ring (bicyclic) bond motifs is 1. The first-order chi connectivity index (χ1) is 13.3. The van der Waals surface area contributed by atoms with E-state index in [1.165, 1.54) is 6.20 Å². The van der Waals surface area contributed by atoms with Gasteiger partial charge in [-0.3, -0.25) is 0 Å². The molecule has 2 saturated heterocycles. The predicted molar refractivity (Wildman–Crippen MR) is 97.3 cm³/mol. The minimum atomic E-state index is 0.348. The Morgan fingerprint density at radius 2 is 1.63 bits per heavy atom. The van der Waals surface area contributed by atoms with Crippen molar-refractivity contribution < 1.29 is 0 Å². The third kappa shape index (κ3) is 2.85. The Morgan fingerprint density at radius 1 is 0.889 bits per heavy atom. The van der Waals surface area contributed by atoms with Gasteiger partial charge in [0.05, 0.1) is 12.4 Å². The van der Waals surface area contributed by atoms with E-state index in [0.717, 1.165) is 43.6 Å². The number of nitriles is 1. The highest BCUT2D eigenvalue weighted by molar-refractivity contribution is 5.47. The predicted octanol–water partition coefficient (Wildman–Crippen LogP) is 0.897. The summed E-state index contributed by atoms with van der Waals surface area (Å²) in [5.41, 5.74) is 0.348. The van der Waals surface area contributed by atoms with Gasteiger partial charge in [-0.15, -0.1) is 0 Å². The molecule has 0 amide bonds. The van der Waals surface area contributed by atoms with E-state index in [2.05, 4.69) is 34.8 Å². The van der Waals surface area contributed by atoms with Crippen LogP contribution in [0.15, 0.2) is 43.2 Å². The van der Waals surface area contributed by atoms with Gasteiger partial charge in [0.25, 0.3) is 0 Å². The van der Waals surface area contributed by atoms with E-state index in [4.69, 9.17) is 5.26 Å². The second kappa shape index (κ2) is 6.32. The quantitative estimate of drug-likeness (QED) is 0.680. The van der Waals surface area contributed by atoms with E-state index >= 15 is 0 Å². The Hall–Kier alpha value is -3.54. The van der Waals surface area contributed by atoms with Crippen LogP contribution in [0.2, 0.25) is 0 Å². The fourth-order valence-electron chi connectivity index (χ4n) is 3.95. The zero-order valence-corrected chi connectivity index (χ0v) is 14.5. The second-order valence-corrected chi connectivity index (χ2v) is 6.89. The Morgan fingerprint density at radius 3 is 2.26 bits per heavy atom. The summed E-state index contributed by atoms with van der Waals surface area (Å²) in [7, 11) is 0. The van der Waals surface area contributed by atoms with Gasteiger partial charge >= 0.3 is 0 Å². The summed E-state index contributed by atoms with van der Waals surface area (Å²) >= 11 is 0. The van der Waals surface area contributed by atoms with Crippen LogP contribution in [0.5, 0.6) is 0 Å². The van der Waals surface area contributed by atoms with Crippen LogP contribution in [0, 0.1) is 23.2 Å². The number of nitrogens with zero attached hydrogens (tertiary/aromatic N) is 9. The van der Waals surface area contributed by atoms with Crippen LogP contribution < -0.4 is 9.80 Å². The maximum absolute atomic E-state index is 8.86. The number of hydrogen-bond donors (Lipinski definition) is 0. The molecule has 2 fully saturated rings. The zero-order chi connectivity index (χ0) is 18.2. The molecule has 0 aliphatic carbocycles. The largest absolute Gasteiger partial charge is 0.356 e. The smallest absolute Gasteiger partial charge is 0.158 e. The van der Waals surface area contributed by atoms with Crippen molar-refractivity contribution >= 4 is 11.6 Å². The summed E-state index contributed by atoms with van der Waals surface area (Å²) in [6, 6.07) is 5.87. The topological polar surface area (TPSA) is 99.7 Å². The van der Waals surface area contributed by atoms with Gasteiger partial charge in [0.2, 0.25) is 0 Å². The van der Waals surface area contributed by atoms with Gasteiger partial charge in [-0.1, -0.05) is 0 Å². The first kappa shape index (κ1) is 15.7. The van der Waals surface area contributed by atoms with Gasteiger partial charge in [0.1, 0.15) is 24.0 Å². The first-order valence-electron chi connectivity index (χ1n) is 8.84.